The van der Waals surface area contributed by atoms with E-state index in [4.69, 9.17) is 16.3 Å². The molecule has 0 fully saturated rings. The van der Waals surface area contributed by atoms with Crippen molar-refractivity contribution in [2.45, 2.75) is 24.0 Å². The number of para-hydroxylation sites is 1. The Labute approximate surface area is 150 Å². The van der Waals surface area contributed by atoms with Gasteiger partial charge in [0, 0.05) is 9.92 Å². The van der Waals surface area contributed by atoms with Gasteiger partial charge in [0.2, 0.25) is 5.91 Å². The van der Waals surface area contributed by atoms with Crippen LogP contribution in [0.4, 0.5) is 5.69 Å². The molecule has 24 heavy (non-hydrogen) atoms. The zero-order valence-corrected chi connectivity index (χ0v) is 15.0. The molecule has 0 aromatic heterocycles. The summed E-state index contributed by atoms with van der Waals surface area (Å²) in [5.41, 5.74) is 0.792. The number of hydrogen-bond acceptors (Lipinski definition) is 4. The fourth-order valence-corrected chi connectivity index (χ4v) is 2.98. The second-order valence-electron chi connectivity index (χ2n) is 4.97. The Morgan fingerprint density at radius 3 is 2.50 bits per heavy atom. The monoisotopic (exact) mass is 363 g/mol. The molecule has 126 valence electrons. The number of hydrogen-bond donors (Lipinski definition) is 1. The van der Waals surface area contributed by atoms with Crippen molar-refractivity contribution in [2.75, 3.05) is 11.9 Å². The Kier molecular flexibility index (Phi) is 6.70. The number of ether oxygens (including phenoxy) is 1. The Bertz CT molecular complexity index is 718. The summed E-state index contributed by atoms with van der Waals surface area (Å²) < 4.78 is 5.01. The van der Waals surface area contributed by atoms with Gasteiger partial charge in [-0.1, -0.05) is 23.7 Å². The van der Waals surface area contributed by atoms with Crippen LogP contribution in [0, 0.1) is 0 Å². The molecule has 0 aliphatic rings. The number of esters is 1. The molecule has 2 aromatic carbocycles. The topological polar surface area (TPSA) is 55.4 Å². The van der Waals surface area contributed by atoms with E-state index in [0.717, 1.165) is 4.90 Å². The molecular formula is C18H18ClNO3S. The van der Waals surface area contributed by atoms with Crippen LogP contribution in [0.15, 0.2) is 53.4 Å². The number of nitrogens with one attached hydrogen (secondary N) is 1. The smallest absolute Gasteiger partial charge is 0.340 e. The fourth-order valence-electron chi connectivity index (χ4n) is 1.98. The van der Waals surface area contributed by atoms with E-state index < -0.39 is 5.97 Å². The third-order valence-electron chi connectivity index (χ3n) is 3.18. The van der Waals surface area contributed by atoms with Gasteiger partial charge in [-0.15, -0.1) is 11.8 Å². The molecule has 1 atom stereocenters. The lowest BCUT2D eigenvalue weighted by Crippen LogP contribution is -2.23. The van der Waals surface area contributed by atoms with Crippen LogP contribution >= 0.6 is 23.4 Å². The summed E-state index contributed by atoms with van der Waals surface area (Å²) in [7, 11) is 0. The SMILES string of the molecule is CCOC(=O)c1ccccc1NC(=O)[C@H](C)Sc1ccc(Cl)cc1. The van der Waals surface area contributed by atoms with Crippen LogP contribution in [0.5, 0.6) is 0 Å². The van der Waals surface area contributed by atoms with Crippen molar-refractivity contribution in [1.29, 1.82) is 0 Å². The summed E-state index contributed by atoms with van der Waals surface area (Å²) in [5, 5.41) is 3.12. The first kappa shape index (κ1) is 18.4. The zero-order valence-electron chi connectivity index (χ0n) is 13.4. The lowest BCUT2D eigenvalue weighted by molar-refractivity contribution is -0.115. The molecule has 0 radical (unpaired) electrons. The fraction of sp³-hybridized carbons (Fsp3) is 0.222. The molecule has 0 unspecified atom stereocenters. The van der Waals surface area contributed by atoms with Gasteiger partial charge in [-0.3, -0.25) is 4.79 Å². The lowest BCUT2D eigenvalue weighted by Gasteiger charge is -2.14. The summed E-state index contributed by atoms with van der Waals surface area (Å²) in [6.07, 6.45) is 0. The van der Waals surface area contributed by atoms with E-state index in [-0.39, 0.29) is 17.8 Å². The number of halogens is 1. The van der Waals surface area contributed by atoms with Gasteiger partial charge >= 0.3 is 5.97 Å². The minimum atomic E-state index is -0.452. The predicted molar refractivity (Wildman–Crippen MR) is 97.8 cm³/mol. The van der Waals surface area contributed by atoms with Crippen molar-refractivity contribution in [1.82, 2.24) is 0 Å². The van der Waals surface area contributed by atoms with Gasteiger partial charge in [-0.05, 0) is 50.2 Å². The van der Waals surface area contributed by atoms with Gasteiger partial charge in [-0.2, -0.15) is 0 Å². The van der Waals surface area contributed by atoms with Gasteiger partial charge in [-0.25, -0.2) is 4.79 Å². The minimum absolute atomic E-state index is 0.188. The summed E-state index contributed by atoms with van der Waals surface area (Å²) in [6, 6.07) is 14.1. The maximum absolute atomic E-state index is 12.4. The molecule has 4 nitrogen and oxygen atoms in total. The second-order valence-corrected chi connectivity index (χ2v) is 6.82. The number of anilines is 1. The van der Waals surface area contributed by atoms with Crippen molar-refractivity contribution in [3.05, 3.63) is 59.1 Å². The maximum Gasteiger partial charge on any atom is 0.340 e. The normalized spacial score (nSPS) is 11.6. The van der Waals surface area contributed by atoms with Crippen LogP contribution < -0.4 is 5.32 Å². The average Bonchev–Trinajstić information content (AvgIpc) is 2.57. The minimum Gasteiger partial charge on any atom is -0.462 e. The quantitative estimate of drug-likeness (QED) is 0.600. The molecule has 0 saturated carbocycles. The van der Waals surface area contributed by atoms with E-state index in [1.807, 2.05) is 19.1 Å². The third-order valence-corrected chi connectivity index (χ3v) is 4.54. The van der Waals surface area contributed by atoms with Gasteiger partial charge in [0.15, 0.2) is 0 Å². The molecule has 1 N–H and O–H groups in total. The average molecular weight is 364 g/mol. The second kappa shape index (κ2) is 8.76. The van der Waals surface area contributed by atoms with Crippen LogP contribution in [0.2, 0.25) is 5.02 Å². The summed E-state index contributed by atoms with van der Waals surface area (Å²) in [6.45, 7) is 3.83. The van der Waals surface area contributed by atoms with Gasteiger partial charge in [0.25, 0.3) is 0 Å². The number of rotatable bonds is 6. The van der Waals surface area contributed by atoms with E-state index in [9.17, 15) is 9.59 Å². The molecule has 0 aliphatic heterocycles. The number of benzene rings is 2. The third kappa shape index (κ3) is 5.01. The molecular weight excluding hydrogens is 346 g/mol. The summed E-state index contributed by atoms with van der Waals surface area (Å²) >= 11 is 7.28. The zero-order chi connectivity index (χ0) is 17.5. The summed E-state index contributed by atoms with van der Waals surface area (Å²) in [5.74, 6) is -0.641. The molecule has 0 saturated heterocycles. The van der Waals surface area contributed by atoms with E-state index in [2.05, 4.69) is 5.32 Å². The molecule has 1 amide bonds. The first-order chi connectivity index (χ1) is 11.5. The van der Waals surface area contributed by atoms with Gasteiger partial charge in [0.1, 0.15) is 0 Å². The van der Waals surface area contributed by atoms with Crippen LogP contribution in [-0.2, 0) is 9.53 Å². The van der Waals surface area contributed by atoms with E-state index in [0.29, 0.717) is 16.3 Å². The van der Waals surface area contributed by atoms with Crippen molar-refractivity contribution in [2.24, 2.45) is 0 Å². The van der Waals surface area contributed by atoms with Gasteiger partial charge < -0.3 is 10.1 Å². The Hall–Kier alpha value is -1.98. The van der Waals surface area contributed by atoms with E-state index in [1.165, 1.54) is 11.8 Å². The molecule has 0 heterocycles. The largest absolute Gasteiger partial charge is 0.462 e. The van der Waals surface area contributed by atoms with Crippen LogP contribution in [0.1, 0.15) is 24.2 Å². The highest BCUT2D eigenvalue weighted by Crippen LogP contribution is 2.26. The Morgan fingerprint density at radius 1 is 1.17 bits per heavy atom. The van der Waals surface area contributed by atoms with Gasteiger partial charge in [0.05, 0.1) is 23.1 Å². The molecule has 0 spiro atoms. The molecule has 6 heteroatoms. The molecule has 0 bridgehead atoms. The number of amides is 1. The number of carbonyl (C=O) groups is 2. The molecule has 2 aromatic rings. The van der Waals surface area contributed by atoms with Crippen molar-refractivity contribution < 1.29 is 14.3 Å². The highest BCUT2D eigenvalue weighted by atomic mass is 35.5. The Morgan fingerprint density at radius 2 is 1.83 bits per heavy atom. The van der Waals surface area contributed by atoms with Crippen LogP contribution in [0.25, 0.3) is 0 Å². The van der Waals surface area contributed by atoms with E-state index in [1.54, 1.807) is 43.3 Å². The van der Waals surface area contributed by atoms with Crippen LogP contribution in [-0.4, -0.2) is 23.7 Å². The maximum atomic E-state index is 12.4. The summed E-state index contributed by atoms with van der Waals surface area (Å²) in [4.78, 5) is 25.3. The lowest BCUT2D eigenvalue weighted by atomic mass is 10.1. The van der Waals surface area contributed by atoms with Crippen LogP contribution in [0.3, 0.4) is 0 Å². The number of thioether (sulfide) groups is 1. The Balaban J connectivity index is 2.06. The highest BCUT2D eigenvalue weighted by molar-refractivity contribution is 8.00. The molecule has 0 aliphatic carbocycles. The first-order valence-corrected chi connectivity index (χ1v) is 8.76. The predicted octanol–water partition coefficient (Wildman–Crippen LogP) is 4.64. The first-order valence-electron chi connectivity index (χ1n) is 7.50. The standard InChI is InChI=1S/C18H18ClNO3S/c1-3-23-18(22)15-6-4-5-7-16(15)20-17(21)12(2)24-14-10-8-13(19)9-11-14/h4-12H,3H2,1-2H3,(H,20,21)/t12-/m0/s1. The highest BCUT2D eigenvalue weighted by Gasteiger charge is 2.18. The van der Waals surface area contributed by atoms with E-state index >= 15 is 0 Å². The van der Waals surface area contributed by atoms with Crippen molar-refractivity contribution in [3.8, 4) is 0 Å². The molecule has 2 rings (SSSR count). The van der Waals surface area contributed by atoms with Crippen molar-refractivity contribution >= 4 is 40.9 Å². The number of carbonyl (C=O) groups excluding carboxylic acids is 2. The van der Waals surface area contributed by atoms with Crippen molar-refractivity contribution in [3.63, 3.8) is 0 Å².